The predicted octanol–water partition coefficient (Wildman–Crippen LogP) is 3.60. The second kappa shape index (κ2) is 4.62. The molecular weight excluding hydrogens is 268 g/mol. The van der Waals surface area contributed by atoms with E-state index in [1.54, 1.807) is 16.9 Å². The van der Waals surface area contributed by atoms with E-state index in [4.69, 9.17) is 34.8 Å². The number of hydrogen-bond acceptors (Lipinski definition) is 2. The SMILES string of the molecule is Cc1nn(Cc2ccc(Cl)nc2Cl)cc1Cl. The molecule has 0 radical (unpaired) electrons. The van der Waals surface area contributed by atoms with Crippen LogP contribution in [0.3, 0.4) is 0 Å². The van der Waals surface area contributed by atoms with E-state index in [2.05, 4.69) is 10.1 Å². The maximum Gasteiger partial charge on any atom is 0.135 e. The minimum absolute atomic E-state index is 0.378. The van der Waals surface area contributed by atoms with Crippen molar-refractivity contribution < 1.29 is 0 Å². The Bertz CT molecular complexity index is 503. The van der Waals surface area contributed by atoms with Crippen molar-refractivity contribution in [3.63, 3.8) is 0 Å². The lowest BCUT2D eigenvalue weighted by Crippen LogP contribution is -2.01. The third-order valence-corrected chi connectivity index (χ3v) is 3.02. The summed E-state index contributed by atoms with van der Waals surface area (Å²) in [5.74, 6) is 0. The van der Waals surface area contributed by atoms with Gasteiger partial charge in [0, 0.05) is 11.8 Å². The number of aromatic nitrogens is 3. The molecule has 0 aliphatic carbocycles. The maximum absolute atomic E-state index is 5.96. The van der Waals surface area contributed by atoms with Crippen LogP contribution in [0.4, 0.5) is 0 Å². The molecule has 0 fully saturated rings. The van der Waals surface area contributed by atoms with Crippen LogP contribution in [-0.4, -0.2) is 14.8 Å². The Balaban J connectivity index is 2.27. The van der Waals surface area contributed by atoms with Crippen molar-refractivity contribution >= 4 is 34.8 Å². The second-order valence-electron chi connectivity index (χ2n) is 3.34. The smallest absolute Gasteiger partial charge is 0.135 e. The van der Waals surface area contributed by atoms with Gasteiger partial charge in [0.25, 0.3) is 0 Å². The van der Waals surface area contributed by atoms with Gasteiger partial charge in [0.15, 0.2) is 0 Å². The molecule has 0 bridgehead atoms. The molecular formula is C10H8Cl3N3. The van der Waals surface area contributed by atoms with Crippen molar-refractivity contribution in [1.82, 2.24) is 14.8 Å². The Morgan fingerprint density at radius 3 is 2.56 bits per heavy atom. The van der Waals surface area contributed by atoms with E-state index in [1.807, 2.05) is 13.0 Å². The predicted molar refractivity (Wildman–Crippen MR) is 65.3 cm³/mol. The van der Waals surface area contributed by atoms with Crippen LogP contribution in [-0.2, 0) is 6.54 Å². The van der Waals surface area contributed by atoms with Gasteiger partial charge in [0.2, 0.25) is 0 Å². The fourth-order valence-corrected chi connectivity index (χ4v) is 1.86. The average molecular weight is 277 g/mol. The molecule has 0 N–H and O–H groups in total. The molecule has 2 heterocycles. The molecule has 0 amide bonds. The van der Waals surface area contributed by atoms with E-state index >= 15 is 0 Å². The van der Waals surface area contributed by atoms with Crippen LogP contribution >= 0.6 is 34.8 Å². The van der Waals surface area contributed by atoms with Crippen LogP contribution in [0.25, 0.3) is 0 Å². The highest BCUT2D eigenvalue weighted by Gasteiger charge is 2.06. The minimum atomic E-state index is 0.378. The number of hydrogen-bond donors (Lipinski definition) is 0. The summed E-state index contributed by atoms with van der Waals surface area (Å²) < 4.78 is 1.72. The fourth-order valence-electron chi connectivity index (χ4n) is 1.31. The van der Waals surface area contributed by atoms with Gasteiger partial charge in [-0.2, -0.15) is 5.10 Å². The van der Waals surface area contributed by atoms with E-state index in [1.165, 1.54) is 0 Å². The topological polar surface area (TPSA) is 30.7 Å². The zero-order valence-electron chi connectivity index (χ0n) is 8.41. The van der Waals surface area contributed by atoms with E-state index in [0.717, 1.165) is 11.3 Å². The Morgan fingerprint density at radius 1 is 1.25 bits per heavy atom. The molecule has 0 saturated heterocycles. The zero-order valence-corrected chi connectivity index (χ0v) is 10.7. The highest BCUT2D eigenvalue weighted by molar-refractivity contribution is 6.32. The molecule has 0 aliphatic heterocycles. The molecule has 0 saturated carbocycles. The number of rotatable bonds is 2. The van der Waals surface area contributed by atoms with Crippen molar-refractivity contribution in [2.24, 2.45) is 0 Å². The molecule has 2 aromatic rings. The van der Waals surface area contributed by atoms with E-state index < -0.39 is 0 Å². The minimum Gasteiger partial charge on any atom is -0.266 e. The van der Waals surface area contributed by atoms with Crippen molar-refractivity contribution in [2.75, 3.05) is 0 Å². The average Bonchev–Trinajstić information content (AvgIpc) is 2.51. The Kier molecular flexibility index (Phi) is 3.38. The molecule has 0 aliphatic rings. The largest absolute Gasteiger partial charge is 0.266 e. The summed E-state index contributed by atoms with van der Waals surface area (Å²) in [7, 11) is 0. The molecule has 0 aromatic carbocycles. The Labute approximate surface area is 108 Å². The van der Waals surface area contributed by atoms with Gasteiger partial charge in [0.05, 0.1) is 17.3 Å². The van der Waals surface area contributed by atoms with Crippen molar-refractivity contribution in [3.05, 3.63) is 44.9 Å². The highest BCUT2D eigenvalue weighted by atomic mass is 35.5. The maximum atomic E-state index is 5.96. The molecule has 0 unspecified atom stereocenters. The molecule has 0 atom stereocenters. The lowest BCUT2D eigenvalue weighted by molar-refractivity contribution is 0.678. The van der Waals surface area contributed by atoms with E-state index in [9.17, 15) is 0 Å². The van der Waals surface area contributed by atoms with Crippen LogP contribution in [0.1, 0.15) is 11.3 Å². The highest BCUT2D eigenvalue weighted by Crippen LogP contribution is 2.19. The first-order valence-electron chi connectivity index (χ1n) is 4.57. The standard InChI is InChI=1S/C10H8Cl3N3/c1-6-8(11)5-16(15-6)4-7-2-3-9(12)14-10(7)13/h2-3,5H,4H2,1H3. The summed E-state index contributed by atoms with van der Waals surface area (Å²) in [6.07, 6.45) is 1.75. The monoisotopic (exact) mass is 275 g/mol. The van der Waals surface area contributed by atoms with Crippen LogP contribution in [0, 0.1) is 6.92 Å². The van der Waals surface area contributed by atoms with Crippen LogP contribution in [0.2, 0.25) is 15.3 Å². The lowest BCUT2D eigenvalue weighted by Gasteiger charge is -2.03. The first-order chi connectivity index (χ1) is 7.56. The second-order valence-corrected chi connectivity index (χ2v) is 4.50. The van der Waals surface area contributed by atoms with Gasteiger partial charge < -0.3 is 0 Å². The number of nitrogens with zero attached hydrogens (tertiary/aromatic N) is 3. The quantitative estimate of drug-likeness (QED) is 0.785. The molecule has 0 spiro atoms. The van der Waals surface area contributed by atoms with Crippen molar-refractivity contribution in [2.45, 2.75) is 13.5 Å². The summed E-state index contributed by atoms with van der Waals surface area (Å²) in [6.45, 7) is 2.37. The van der Waals surface area contributed by atoms with Gasteiger partial charge in [-0.1, -0.05) is 40.9 Å². The van der Waals surface area contributed by atoms with Crippen LogP contribution < -0.4 is 0 Å². The van der Waals surface area contributed by atoms with Gasteiger partial charge in [-0.25, -0.2) is 4.98 Å². The lowest BCUT2D eigenvalue weighted by atomic mass is 10.3. The Morgan fingerprint density at radius 2 is 2.00 bits per heavy atom. The number of pyridine rings is 1. The molecule has 6 heteroatoms. The third-order valence-electron chi connectivity index (χ3n) is 2.11. The summed E-state index contributed by atoms with van der Waals surface area (Å²) in [4.78, 5) is 3.96. The molecule has 84 valence electrons. The van der Waals surface area contributed by atoms with Gasteiger partial charge in [-0.3, -0.25) is 4.68 Å². The van der Waals surface area contributed by atoms with Gasteiger partial charge in [-0.15, -0.1) is 0 Å². The first kappa shape index (κ1) is 11.7. The normalized spacial score (nSPS) is 10.8. The summed E-state index contributed by atoms with van der Waals surface area (Å²) >= 11 is 17.6. The van der Waals surface area contributed by atoms with Crippen molar-refractivity contribution in [3.8, 4) is 0 Å². The van der Waals surface area contributed by atoms with Crippen LogP contribution in [0.5, 0.6) is 0 Å². The third kappa shape index (κ3) is 2.48. The molecule has 3 nitrogen and oxygen atoms in total. The van der Waals surface area contributed by atoms with Crippen molar-refractivity contribution in [1.29, 1.82) is 0 Å². The van der Waals surface area contributed by atoms with Gasteiger partial charge in [0.1, 0.15) is 10.3 Å². The Hall–Kier alpha value is -0.770. The molecule has 2 aromatic heterocycles. The summed E-state index contributed by atoms with van der Waals surface area (Å²) in [5.41, 5.74) is 1.64. The van der Waals surface area contributed by atoms with Crippen LogP contribution in [0.15, 0.2) is 18.3 Å². The zero-order chi connectivity index (χ0) is 11.7. The molecule has 16 heavy (non-hydrogen) atoms. The fraction of sp³-hybridized carbons (Fsp3) is 0.200. The first-order valence-corrected chi connectivity index (χ1v) is 5.70. The van der Waals surface area contributed by atoms with Gasteiger partial charge in [-0.05, 0) is 13.0 Å². The summed E-state index contributed by atoms with van der Waals surface area (Å²) in [6, 6.07) is 3.52. The summed E-state index contributed by atoms with van der Waals surface area (Å²) in [5, 5.41) is 5.64. The molecule has 2 rings (SSSR count). The number of halogens is 3. The van der Waals surface area contributed by atoms with E-state index in [0.29, 0.717) is 21.9 Å². The van der Waals surface area contributed by atoms with E-state index in [-0.39, 0.29) is 0 Å². The van der Waals surface area contributed by atoms with Gasteiger partial charge >= 0.3 is 0 Å². The number of aryl methyl sites for hydroxylation is 1.